The van der Waals surface area contributed by atoms with E-state index < -0.39 is 87.4 Å². The van der Waals surface area contributed by atoms with Crippen LogP contribution in [-0.2, 0) is 21.7 Å². The predicted molar refractivity (Wildman–Crippen MR) is 178 cm³/mol. The Morgan fingerprint density at radius 3 is 1.78 bits per heavy atom. The van der Waals surface area contributed by atoms with Gasteiger partial charge in [-0.3, -0.25) is 0 Å². The number of nitriles is 3. The molecule has 18 heteroatoms. The number of hydrogen-bond donors (Lipinski definition) is 0. The van der Waals surface area contributed by atoms with Gasteiger partial charge in [-0.1, -0.05) is 12.1 Å². The first-order valence-corrected chi connectivity index (χ1v) is 15.7. The molecule has 5 rings (SSSR count). The smallest absolute Gasteiger partial charge is 0.399 e. The third-order valence-electron chi connectivity index (χ3n) is 8.08. The molecule has 1 aliphatic rings. The second kappa shape index (κ2) is 16.3. The number of hydrogen-bond acceptors (Lipinski definition) is 5. The molecule has 0 saturated carbocycles. The Balaban J connectivity index is 0.000000232. The van der Waals surface area contributed by atoms with Crippen molar-refractivity contribution in [1.82, 2.24) is 0 Å². The van der Waals surface area contributed by atoms with Gasteiger partial charge in [0.2, 0.25) is 0 Å². The van der Waals surface area contributed by atoms with Crippen molar-refractivity contribution in [2.75, 3.05) is 0 Å². The Kier molecular flexibility index (Phi) is 13.0. The van der Waals surface area contributed by atoms with Gasteiger partial charge in [0, 0.05) is 15.5 Å². The molecule has 1 heterocycles. The van der Waals surface area contributed by atoms with Crippen molar-refractivity contribution in [3.05, 3.63) is 128 Å². The van der Waals surface area contributed by atoms with E-state index in [-0.39, 0.29) is 11.5 Å². The van der Waals surface area contributed by atoms with E-state index in [1.165, 1.54) is 6.07 Å². The van der Waals surface area contributed by atoms with E-state index in [2.05, 4.69) is 20.8 Å². The highest BCUT2D eigenvalue weighted by Crippen LogP contribution is 2.42. The number of benzene rings is 4. The topological polar surface area (TPSA) is 94.2 Å². The lowest BCUT2D eigenvalue weighted by Gasteiger charge is -2.32. The van der Waals surface area contributed by atoms with Gasteiger partial charge in [0.05, 0.1) is 46.1 Å². The van der Waals surface area contributed by atoms with Crippen molar-refractivity contribution in [1.29, 1.82) is 15.8 Å². The molecule has 0 aromatic heterocycles. The van der Waals surface area contributed by atoms with E-state index in [1.807, 2.05) is 39.8 Å². The van der Waals surface area contributed by atoms with Crippen LogP contribution in [0.4, 0.5) is 49.6 Å². The molecule has 0 N–H and O–H groups in total. The van der Waals surface area contributed by atoms with Gasteiger partial charge >= 0.3 is 19.5 Å². The average Bonchev–Trinajstić information content (AvgIpc) is 3.30. The van der Waals surface area contributed by atoms with E-state index in [9.17, 15) is 43.9 Å². The van der Waals surface area contributed by atoms with Crippen molar-refractivity contribution in [2.24, 2.45) is 0 Å². The minimum atomic E-state index is -5.22. The maximum absolute atomic E-state index is 14.1. The van der Waals surface area contributed by atoms with E-state index >= 15 is 0 Å². The number of nitrogens with zero attached hydrogens (tertiary/aromatic N) is 4. The fourth-order valence-corrected chi connectivity index (χ4v) is 4.88. The van der Waals surface area contributed by atoms with Crippen molar-refractivity contribution in [3.63, 3.8) is 0 Å². The Morgan fingerprint density at radius 2 is 1.28 bits per heavy atom. The van der Waals surface area contributed by atoms with E-state index in [0.29, 0.717) is 35.4 Å². The van der Waals surface area contributed by atoms with Crippen molar-refractivity contribution < 1.29 is 53.2 Å². The summed E-state index contributed by atoms with van der Waals surface area (Å²) in [6.07, 6.45) is -10.2. The monoisotopic (exact) mass is 822 g/mol. The second-order valence-electron chi connectivity index (χ2n) is 12.1. The van der Waals surface area contributed by atoms with Crippen LogP contribution in [0.1, 0.15) is 55.5 Å². The Morgan fingerprint density at radius 1 is 0.704 bits per heavy atom. The average molecular weight is 823 g/mol. The summed E-state index contributed by atoms with van der Waals surface area (Å²) in [4.78, 5) is 2.86. The van der Waals surface area contributed by atoms with Crippen LogP contribution in [-0.4, -0.2) is 18.3 Å². The molecule has 278 valence electrons. The molecule has 0 spiro atoms. The van der Waals surface area contributed by atoms with Gasteiger partial charge in [-0.25, -0.2) is 22.4 Å². The molecule has 1 saturated heterocycles. The summed E-state index contributed by atoms with van der Waals surface area (Å²) >= 11 is 3.19. The second-order valence-corrected chi connectivity index (χ2v) is 12.9. The number of rotatable bonds is 2. The fourth-order valence-electron chi connectivity index (χ4n) is 4.54. The first kappa shape index (κ1) is 43.0. The van der Waals surface area contributed by atoms with E-state index in [0.717, 1.165) is 16.6 Å². The normalized spacial score (nSPS) is 14.2. The third-order valence-corrected chi connectivity index (χ3v) is 8.77. The van der Waals surface area contributed by atoms with E-state index in [1.54, 1.807) is 18.2 Å². The summed E-state index contributed by atoms with van der Waals surface area (Å²) in [5.41, 5.74) is -7.01. The first-order valence-electron chi connectivity index (χ1n) is 14.9. The molecule has 0 unspecified atom stereocenters. The molecule has 54 heavy (non-hydrogen) atoms. The van der Waals surface area contributed by atoms with Gasteiger partial charge in [-0.05, 0) is 97.7 Å². The summed E-state index contributed by atoms with van der Waals surface area (Å²) in [5.74, 6) is -4.68. The molecule has 0 amide bonds. The van der Waals surface area contributed by atoms with E-state index in [4.69, 9.17) is 31.7 Å². The van der Waals surface area contributed by atoms with Crippen molar-refractivity contribution in [2.45, 2.75) is 51.2 Å². The molecule has 0 aliphatic carbocycles. The van der Waals surface area contributed by atoms with Crippen molar-refractivity contribution >= 4 is 34.2 Å². The maximum Gasteiger partial charge on any atom is 0.496 e. The largest absolute Gasteiger partial charge is 0.496 e. The first-order chi connectivity index (χ1) is 24.9. The van der Waals surface area contributed by atoms with Gasteiger partial charge in [-0.2, -0.15) is 42.1 Å². The Hall–Kier alpha value is -5.40. The van der Waals surface area contributed by atoms with Crippen LogP contribution in [0.3, 0.4) is 0 Å². The zero-order chi connectivity index (χ0) is 41.0. The lowest BCUT2D eigenvalue weighted by Crippen LogP contribution is -2.41. The van der Waals surface area contributed by atoms with Crippen LogP contribution in [0.15, 0.2) is 65.1 Å². The molecular weight excluding hydrogens is 801 g/mol. The van der Waals surface area contributed by atoms with Gasteiger partial charge < -0.3 is 9.31 Å². The highest BCUT2D eigenvalue weighted by Gasteiger charge is 2.52. The maximum atomic E-state index is 14.1. The zero-order valence-electron chi connectivity index (χ0n) is 28.1. The zero-order valence-corrected chi connectivity index (χ0v) is 29.7. The third kappa shape index (κ3) is 9.39. The summed E-state index contributed by atoms with van der Waals surface area (Å²) in [7, 11) is -0.939. The summed E-state index contributed by atoms with van der Waals surface area (Å²) < 4.78 is 144. The number of halogens is 11. The molecule has 0 radical (unpaired) electrons. The molecule has 4 aromatic rings. The molecule has 0 atom stereocenters. The summed E-state index contributed by atoms with van der Waals surface area (Å²) in [5, 5.41) is 25.7. The highest BCUT2D eigenvalue weighted by molar-refractivity contribution is 9.10. The molecule has 4 aromatic carbocycles. The molecule has 0 bridgehead atoms. The van der Waals surface area contributed by atoms with Crippen LogP contribution in [0.5, 0.6) is 0 Å². The highest BCUT2D eigenvalue weighted by atomic mass is 79.9. The lowest BCUT2D eigenvalue weighted by atomic mass is 9.78. The minimum Gasteiger partial charge on any atom is -0.399 e. The minimum absolute atomic E-state index is 0.0473. The summed E-state index contributed by atoms with van der Waals surface area (Å²) in [6.45, 7) is 14.2. The quantitative estimate of drug-likeness (QED) is 0.114. The SMILES string of the molecule is N#Cc1c(F)ccc(-c2ccc(C(F)(F)F)cc2C(F)(F)F)c1F.N#Cc1ccc(Br)c(C#N)c1.[C-]#[N+]c1c(F)ccc(B2OC(C)(C)C(C)(C)O2)c1F. The molecular formula is C36H22BBrF10N4O2. The lowest BCUT2D eigenvalue weighted by molar-refractivity contribution is -0.142. The van der Waals surface area contributed by atoms with Gasteiger partial charge in [0.15, 0.2) is 5.82 Å². The van der Waals surface area contributed by atoms with Crippen LogP contribution >= 0.6 is 15.9 Å². The van der Waals surface area contributed by atoms with Crippen LogP contribution in [0, 0.1) is 63.8 Å². The summed E-state index contributed by atoms with van der Waals surface area (Å²) in [6, 6.07) is 14.1. The van der Waals surface area contributed by atoms with Gasteiger partial charge in [0.1, 0.15) is 35.2 Å². The van der Waals surface area contributed by atoms with Crippen molar-refractivity contribution in [3.8, 4) is 29.3 Å². The molecule has 1 aliphatic heterocycles. The number of alkyl halides is 6. The standard InChI is InChI=1S/C15H5F8N.C13H14BF2NO2.C8H3BrN2/c16-12-4-3-9(13(17)10(12)6-24)8-2-1-7(14(18,19)20)5-11(8)15(21,22)23;1-12(2)13(3,4)19-14(18-12)8-6-7-9(15)11(17-5)10(8)16;9-8-2-1-6(4-10)3-7(8)5-11/h1-5H;6-7H,1-4H3;1-3H. The van der Waals surface area contributed by atoms with Crippen LogP contribution in [0.25, 0.3) is 16.0 Å². The molecule has 1 fully saturated rings. The van der Waals surface area contributed by atoms with Crippen LogP contribution < -0.4 is 5.46 Å². The predicted octanol–water partition coefficient (Wildman–Crippen LogP) is 10.5. The molecule has 6 nitrogen and oxygen atoms in total. The van der Waals surface area contributed by atoms with Gasteiger partial charge in [0.25, 0.3) is 5.69 Å². The van der Waals surface area contributed by atoms with Gasteiger partial charge in [-0.15, -0.1) is 0 Å². The fraction of sp³-hybridized carbons (Fsp3) is 0.222. The van der Waals surface area contributed by atoms with Crippen LogP contribution in [0.2, 0.25) is 0 Å². The Labute approximate surface area is 310 Å². The Bertz CT molecular complexity index is 2230.